The van der Waals surface area contributed by atoms with Crippen LogP contribution in [0.15, 0.2) is 60.7 Å². The second-order valence-corrected chi connectivity index (χ2v) is 5.87. The van der Waals surface area contributed by atoms with Crippen LogP contribution in [-0.2, 0) is 9.53 Å². The highest BCUT2D eigenvalue weighted by molar-refractivity contribution is 6.00. The van der Waals surface area contributed by atoms with E-state index in [1.807, 2.05) is 18.2 Å². The third-order valence-corrected chi connectivity index (χ3v) is 3.95. The van der Waals surface area contributed by atoms with E-state index in [-0.39, 0.29) is 24.0 Å². The van der Waals surface area contributed by atoms with Gasteiger partial charge in [-0.1, -0.05) is 31.2 Å². The number of nitrogens with one attached hydrogen (secondary N) is 1. The molecule has 0 aliphatic heterocycles. The fourth-order valence-corrected chi connectivity index (χ4v) is 2.46. The van der Waals surface area contributed by atoms with Crippen LogP contribution in [0.5, 0.6) is 0 Å². The molecule has 6 nitrogen and oxygen atoms in total. The Balaban J connectivity index is 1.60. The normalized spacial score (nSPS) is 10.4. The Morgan fingerprint density at radius 1 is 0.963 bits per heavy atom. The number of esters is 1. The van der Waals surface area contributed by atoms with Crippen molar-refractivity contribution in [3.05, 3.63) is 71.9 Å². The first-order valence-electron chi connectivity index (χ1n) is 8.53. The molecule has 0 aliphatic carbocycles. The molecule has 3 rings (SSSR count). The lowest BCUT2D eigenvalue weighted by Gasteiger charge is -2.06. The Hall–Kier alpha value is -3.54. The number of anilines is 1. The quantitative estimate of drug-likeness (QED) is 0.535. The zero-order chi connectivity index (χ0) is 19.2. The molecule has 1 aromatic heterocycles. The SMILES string of the molecule is CCC(=O)Nc1ccc(C(=O)COC(=O)c2ccc3ccccc3n2)cc1. The third kappa shape index (κ3) is 4.55. The molecule has 1 heterocycles. The number of aromatic nitrogens is 1. The smallest absolute Gasteiger partial charge is 0.357 e. The molecular formula is C21H18N2O4. The number of carbonyl (C=O) groups excluding carboxylic acids is 3. The molecule has 0 spiro atoms. The fraction of sp³-hybridized carbons (Fsp3) is 0.143. The molecule has 27 heavy (non-hydrogen) atoms. The van der Waals surface area contributed by atoms with Gasteiger partial charge >= 0.3 is 5.97 Å². The number of Topliss-reactive ketones (excluding diaryl/α,β-unsaturated/α-hetero) is 1. The summed E-state index contributed by atoms with van der Waals surface area (Å²) in [5.74, 6) is -1.09. The van der Waals surface area contributed by atoms with Crippen molar-refractivity contribution < 1.29 is 19.1 Å². The van der Waals surface area contributed by atoms with Gasteiger partial charge < -0.3 is 10.1 Å². The highest BCUT2D eigenvalue weighted by Crippen LogP contribution is 2.13. The lowest BCUT2D eigenvalue weighted by atomic mass is 10.1. The number of nitrogens with zero attached hydrogens (tertiary/aromatic N) is 1. The molecule has 0 bridgehead atoms. The van der Waals surface area contributed by atoms with Crippen LogP contribution in [0, 0.1) is 0 Å². The number of pyridine rings is 1. The Morgan fingerprint density at radius 2 is 1.70 bits per heavy atom. The minimum Gasteiger partial charge on any atom is -0.453 e. The van der Waals surface area contributed by atoms with Gasteiger partial charge in [0.25, 0.3) is 0 Å². The maximum atomic E-state index is 12.2. The fourth-order valence-electron chi connectivity index (χ4n) is 2.46. The molecular weight excluding hydrogens is 344 g/mol. The van der Waals surface area contributed by atoms with E-state index in [0.29, 0.717) is 23.2 Å². The van der Waals surface area contributed by atoms with Gasteiger partial charge in [0.05, 0.1) is 5.52 Å². The van der Waals surface area contributed by atoms with Crippen molar-refractivity contribution >= 4 is 34.3 Å². The first-order chi connectivity index (χ1) is 13.1. The number of hydrogen-bond acceptors (Lipinski definition) is 5. The number of para-hydroxylation sites is 1. The van der Waals surface area contributed by atoms with Crippen molar-refractivity contribution in [1.82, 2.24) is 4.98 Å². The monoisotopic (exact) mass is 362 g/mol. The molecule has 1 amide bonds. The predicted octanol–water partition coefficient (Wildman–Crippen LogP) is 3.62. The predicted molar refractivity (Wildman–Crippen MR) is 102 cm³/mol. The van der Waals surface area contributed by atoms with Crippen molar-refractivity contribution in [3.63, 3.8) is 0 Å². The lowest BCUT2D eigenvalue weighted by molar-refractivity contribution is -0.115. The number of benzene rings is 2. The van der Waals surface area contributed by atoms with Gasteiger partial charge in [-0.2, -0.15) is 0 Å². The number of rotatable bonds is 6. The van der Waals surface area contributed by atoms with Gasteiger partial charge in [0.2, 0.25) is 5.91 Å². The maximum Gasteiger partial charge on any atom is 0.357 e. The molecule has 0 fully saturated rings. The van der Waals surface area contributed by atoms with E-state index in [9.17, 15) is 14.4 Å². The molecule has 0 saturated carbocycles. The number of ketones is 1. The minimum atomic E-state index is -0.652. The summed E-state index contributed by atoms with van der Waals surface area (Å²) in [6, 6.07) is 17.2. The van der Waals surface area contributed by atoms with Crippen molar-refractivity contribution in [1.29, 1.82) is 0 Å². The van der Waals surface area contributed by atoms with Crippen molar-refractivity contribution in [2.45, 2.75) is 13.3 Å². The number of hydrogen-bond donors (Lipinski definition) is 1. The highest BCUT2D eigenvalue weighted by atomic mass is 16.5. The molecule has 1 N–H and O–H groups in total. The summed E-state index contributed by atoms with van der Waals surface area (Å²) in [6.45, 7) is 1.37. The molecule has 3 aromatic rings. The van der Waals surface area contributed by atoms with Crippen LogP contribution in [0.2, 0.25) is 0 Å². The van der Waals surface area contributed by atoms with E-state index in [1.165, 1.54) is 0 Å². The third-order valence-electron chi connectivity index (χ3n) is 3.95. The van der Waals surface area contributed by atoms with Crippen LogP contribution in [0.1, 0.15) is 34.2 Å². The van der Waals surface area contributed by atoms with Crippen molar-refractivity contribution in [2.75, 3.05) is 11.9 Å². The first kappa shape index (κ1) is 18.3. The summed E-state index contributed by atoms with van der Waals surface area (Å²) in [4.78, 5) is 39.9. The Kier molecular flexibility index (Phi) is 5.56. The summed E-state index contributed by atoms with van der Waals surface area (Å²) in [5, 5.41) is 3.62. The molecule has 2 aromatic carbocycles. The van der Waals surface area contributed by atoms with Gasteiger partial charge in [0, 0.05) is 23.1 Å². The molecule has 0 radical (unpaired) electrons. The summed E-state index contributed by atoms with van der Waals surface area (Å²) in [5.41, 5.74) is 1.83. The van der Waals surface area contributed by atoms with Gasteiger partial charge in [-0.15, -0.1) is 0 Å². The number of fused-ring (bicyclic) bond motifs is 1. The van der Waals surface area contributed by atoms with E-state index in [4.69, 9.17) is 4.74 Å². The van der Waals surface area contributed by atoms with E-state index >= 15 is 0 Å². The van der Waals surface area contributed by atoms with Gasteiger partial charge in [0.1, 0.15) is 5.69 Å². The molecule has 0 aliphatic rings. The molecule has 6 heteroatoms. The van der Waals surface area contributed by atoms with Gasteiger partial charge in [-0.3, -0.25) is 9.59 Å². The largest absolute Gasteiger partial charge is 0.453 e. The van der Waals surface area contributed by atoms with E-state index in [0.717, 1.165) is 5.39 Å². The van der Waals surface area contributed by atoms with Gasteiger partial charge in [0.15, 0.2) is 12.4 Å². The summed E-state index contributed by atoms with van der Waals surface area (Å²) in [7, 11) is 0. The zero-order valence-electron chi connectivity index (χ0n) is 14.8. The minimum absolute atomic E-state index is 0.106. The molecule has 0 unspecified atom stereocenters. The average Bonchev–Trinajstić information content (AvgIpc) is 2.71. The van der Waals surface area contributed by atoms with E-state index in [2.05, 4.69) is 10.3 Å². The second-order valence-electron chi connectivity index (χ2n) is 5.87. The number of amides is 1. The van der Waals surface area contributed by atoms with Crippen LogP contribution in [0.25, 0.3) is 10.9 Å². The number of ether oxygens (including phenoxy) is 1. The van der Waals surface area contributed by atoms with Crippen molar-refractivity contribution in [2.24, 2.45) is 0 Å². The topological polar surface area (TPSA) is 85.4 Å². The number of carbonyl (C=O) groups is 3. The van der Waals surface area contributed by atoms with Crippen molar-refractivity contribution in [3.8, 4) is 0 Å². The first-order valence-corrected chi connectivity index (χ1v) is 8.53. The second kappa shape index (κ2) is 8.23. The summed E-state index contributed by atoms with van der Waals surface area (Å²) < 4.78 is 5.08. The van der Waals surface area contributed by atoms with E-state index in [1.54, 1.807) is 49.4 Å². The highest BCUT2D eigenvalue weighted by Gasteiger charge is 2.13. The molecule has 136 valence electrons. The Bertz CT molecular complexity index is 996. The lowest BCUT2D eigenvalue weighted by Crippen LogP contribution is -2.15. The van der Waals surface area contributed by atoms with Crippen LogP contribution < -0.4 is 5.32 Å². The molecule has 0 atom stereocenters. The molecule has 0 saturated heterocycles. The van der Waals surface area contributed by atoms with Gasteiger partial charge in [-0.25, -0.2) is 9.78 Å². The van der Waals surface area contributed by atoms with E-state index < -0.39 is 5.97 Å². The van der Waals surface area contributed by atoms with Crippen LogP contribution in [0.4, 0.5) is 5.69 Å². The Morgan fingerprint density at radius 3 is 2.44 bits per heavy atom. The summed E-state index contributed by atoms with van der Waals surface area (Å²) in [6.07, 6.45) is 0.374. The average molecular weight is 362 g/mol. The van der Waals surface area contributed by atoms with Crippen LogP contribution >= 0.6 is 0 Å². The Labute approximate surface area is 156 Å². The van der Waals surface area contributed by atoms with Crippen LogP contribution in [0.3, 0.4) is 0 Å². The maximum absolute atomic E-state index is 12.2. The summed E-state index contributed by atoms with van der Waals surface area (Å²) >= 11 is 0. The van der Waals surface area contributed by atoms with Gasteiger partial charge in [-0.05, 0) is 36.4 Å². The standard InChI is InChI=1S/C21H18N2O4/c1-2-20(25)22-16-10-7-15(8-11-16)19(24)13-27-21(26)18-12-9-14-5-3-4-6-17(14)23-18/h3-12H,2,13H2,1H3,(H,22,25). The van der Waals surface area contributed by atoms with Crippen LogP contribution in [-0.4, -0.2) is 29.3 Å². The zero-order valence-corrected chi connectivity index (χ0v) is 14.8.